The maximum atomic E-state index is 13.1. The molecule has 0 bridgehead atoms. The third-order valence-electron chi connectivity index (χ3n) is 4.61. The molecule has 1 aliphatic heterocycles. The molecule has 2 heteroatoms. The zero-order valence-electron chi connectivity index (χ0n) is 13.1. The fourth-order valence-corrected chi connectivity index (χ4v) is 3.21. The number of rotatable bonds is 4. The lowest BCUT2D eigenvalue weighted by Gasteiger charge is -2.36. The van der Waals surface area contributed by atoms with Gasteiger partial charge in [0.2, 0.25) is 0 Å². The Kier molecular flexibility index (Phi) is 4.69. The number of piperidine rings is 1. The molecule has 1 fully saturated rings. The van der Waals surface area contributed by atoms with Gasteiger partial charge < -0.3 is 0 Å². The van der Waals surface area contributed by atoms with Crippen molar-refractivity contribution in [2.24, 2.45) is 5.92 Å². The number of carbonyl (C=O) groups is 1. The van der Waals surface area contributed by atoms with Gasteiger partial charge in [0.25, 0.3) is 0 Å². The van der Waals surface area contributed by atoms with Gasteiger partial charge in [0, 0.05) is 5.56 Å². The van der Waals surface area contributed by atoms with Crippen LogP contribution in [0.5, 0.6) is 0 Å². The van der Waals surface area contributed by atoms with Gasteiger partial charge in [-0.25, -0.2) is 0 Å². The molecule has 1 saturated heterocycles. The molecule has 2 aromatic rings. The molecule has 0 spiro atoms. The first-order valence-electron chi connectivity index (χ1n) is 8.14. The zero-order valence-corrected chi connectivity index (χ0v) is 13.1. The van der Waals surface area contributed by atoms with Crippen LogP contribution in [0.15, 0.2) is 60.7 Å². The average molecular weight is 293 g/mol. The number of Topliss-reactive ketones (excluding diaryl/α,β-unsaturated/α-hetero) is 1. The molecular weight excluding hydrogens is 270 g/mol. The van der Waals surface area contributed by atoms with Gasteiger partial charge in [-0.05, 0) is 37.4 Å². The summed E-state index contributed by atoms with van der Waals surface area (Å²) < 4.78 is 0. The monoisotopic (exact) mass is 293 g/mol. The van der Waals surface area contributed by atoms with Crippen molar-refractivity contribution in [2.45, 2.75) is 25.8 Å². The fourth-order valence-electron chi connectivity index (χ4n) is 3.21. The summed E-state index contributed by atoms with van der Waals surface area (Å²) >= 11 is 0. The Morgan fingerprint density at radius 2 is 1.50 bits per heavy atom. The summed E-state index contributed by atoms with van der Waals surface area (Å²) in [5.74, 6) is 0.973. The molecule has 0 aromatic heterocycles. The first-order valence-corrected chi connectivity index (χ1v) is 8.14. The van der Waals surface area contributed by atoms with Crippen LogP contribution in [0.25, 0.3) is 0 Å². The van der Waals surface area contributed by atoms with Crippen LogP contribution in [-0.4, -0.2) is 23.8 Å². The Hall–Kier alpha value is -1.93. The van der Waals surface area contributed by atoms with Crippen LogP contribution < -0.4 is 0 Å². The predicted molar refractivity (Wildman–Crippen MR) is 89.9 cm³/mol. The minimum absolute atomic E-state index is 0.156. The minimum Gasteiger partial charge on any atom is -0.292 e. The second-order valence-corrected chi connectivity index (χ2v) is 6.26. The van der Waals surface area contributed by atoms with Crippen LogP contribution in [0.2, 0.25) is 0 Å². The van der Waals surface area contributed by atoms with Crippen molar-refractivity contribution in [3.8, 4) is 0 Å². The summed E-state index contributed by atoms with van der Waals surface area (Å²) in [6.07, 6.45) is 2.34. The van der Waals surface area contributed by atoms with E-state index in [4.69, 9.17) is 0 Å². The largest absolute Gasteiger partial charge is 0.292 e. The van der Waals surface area contributed by atoms with E-state index in [9.17, 15) is 4.79 Å². The Morgan fingerprint density at radius 1 is 0.955 bits per heavy atom. The number of ketones is 1. The fraction of sp³-hybridized carbons (Fsp3) is 0.350. The number of hydrogen-bond acceptors (Lipinski definition) is 2. The van der Waals surface area contributed by atoms with Crippen LogP contribution in [-0.2, 0) is 0 Å². The molecule has 0 N–H and O–H groups in total. The Bertz CT molecular complexity index is 600. The third-order valence-corrected chi connectivity index (χ3v) is 4.61. The first kappa shape index (κ1) is 15.0. The highest BCUT2D eigenvalue weighted by Crippen LogP contribution is 2.29. The maximum absolute atomic E-state index is 13.1. The number of likely N-dealkylation sites (tertiary alicyclic amines) is 1. The lowest BCUT2D eigenvalue weighted by molar-refractivity contribution is 0.0749. The Balaban J connectivity index is 1.91. The van der Waals surface area contributed by atoms with Gasteiger partial charge in [-0.3, -0.25) is 9.69 Å². The van der Waals surface area contributed by atoms with Gasteiger partial charge in [0.05, 0.1) is 6.04 Å². The van der Waals surface area contributed by atoms with Gasteiger partial charge >= 0.3 is 0 Å². The molecular formula is C20H23NO. The van der Waals surface area contributed by atoms with Gasteiger partial charge in [-0.15, -0.1) is 0 Å². The molecule has 0 amide bonds. The lowest BCUT2D eigenvalue weighted by Crippen LogP contribution is -2.39. The standard InChI is InChI=1S/C20H23NO/c1-16-12-14-21(15-13-16)19(17-8-4-2-5-9-17)20(22)18-10-6-3-7-11-18/h2-11,16,19H,12-15H2,1H3/t19-/m1/s1. The van der Waals surface area contributed by atoms with E-state index >= 15 is 0 Å². The molecule has 3 rings (SSSR count). The van der Waals surface area contributed by atoms with Gasteiger partial charge in [-0.2, -0.15) is 0 Å². The van der Waals surface area contributed by atoms with Crippen molar-refractivity contribution in [3.63, 3.8) is 0 Å². The molecule has 1 heterocycles. The SMILES string of the molecule is CC1CCN([C@@H](C(=O)c2ccccc2)c2ccccc2)CC1. The van der Waals surface area contributed by atoms with Crippen molar-refractivity contribution in [3.05, 3.63) is 71.8 Å². The van der Waals surface area contributed by atoms with E-state index in [0.717, 1.165) is 30.1 Å². The topological polar surface area (TPSA) is 20.3 Å². The molecule has 0 unspecified atom stereocenters. The van der Waals surface area contributed by atoms with Gasteiger partial charge in [0.1, 0.15) is 0 Å². The Labute approximate surface area is 132 Å². The summed E-state index contributed by atoms with van der Waals surface area (Å²) in [6.45, 7) is 4.30. The number of carbonyl (C=O) groups excluding carboxylic acids is 1. The summed E-state index contributed by atoms with van der Waals surface area (Å²) in [5, 5.41) is 0. The van der Waals surface area contributed by atoms with Crippen molar-refractivity contribution in [1.29, 1.82) is 0 Å². The molecule has 0 aliphatic carbocycles. The van der Waals surface area contributed by atoms with E-state index < -0.39 is 0 Å². The highest BCUT2D eigenvalue weighted by molar-refractivity contribution is 6.00. The van der Waals surface area contributed by atoms with Crippen LogP contribution in [0.1, 0.15) is 41.7 Å². The highest BCUT2D eigenvalue weighted by atomic mass is 16.1. The molecule has 114 valence electrons. The van der Waals surface area contributed by atoms with E-state index in [-0.39, 0.29) is 11.8 Å². The predicted octanol–water partition coefficient (Wildman–Crippen LogP) is 4.34. The van der Waals surface area contributed by atoms with Gasteiger partial charge in [-0.1, -0.05) is 67.6 Å². The van der Waals surface area contributed by atoms with Crippen LogP contribution in [0.3, 0.4) is 0 Å². The van der Waals surface area contributed by atoms with Crippen LogP contribution >= 0.6 is 0 Å². The van der Waals surface area contributed by atoms with Crippen molar-refractivity contribution >= 4 is 5.78 Å². The molecule has 22 heavy (non-hydrogen) atoms. The van der Waals surface area contributed by atoms with E-state index in [1.165, 1.54) is 12.8 Å². The molecule has 0 radical (unpaired) electrons. The van der Waals surface area contributed by atoms with Crippen molar-refractivity contribution in [1.82, 2.24) is 4.90 Å². The second kappa shape index (κ2) is 6.89. The van der Waals surface area contributed by atoms with Crippen molar-refractivity contribution in [2.75, 3.05) is 13.1 Å². The van der Waals surface area contributed by atoms with E-state index in [0.29, 0.717) is 0 Å². The second-order valence-electron chi connectivity index (χ2n) is 6.26. The van der Waals surface area contributed by atoms with Crippen LogP contribution in [0, 0.1) is 5.92 Å². The third kappa shape index (κ3) is 3.28. The zero-order chi connectivity index (χ0) is 15.4. The summed E-state index contributed by atoms with van der Waals surface area (Å²) in [5.41, 5.74) is 1.90. The summed E-state index contributed by atoms with van der Waals surface area (Å²) in [4.78, 5) is 15.4. The lowest BCUT2D eigenvalue weighted by atomic mass is 9.92. The summed E-state index contributed by atoms with van der Waals surface area (Å²) in [6, 6.07) is 19.7. The highest BCUT2D eigenvalue weighted by Gasteiger charge is 2.30. The maximum Gasteiger partial charge on any atom is 0.184 e. The molecule has 1 atom stereocenters. The molecule has 2 aromatic carbocycles. The molecule has 0 saturated carbocycles. The quantitative estimate of drug-likeness (QED) is 0.781. The number of hydrogen-bond donors (Lipinski definition) is 0. The average Bonchev–Trinajstić information content (AvgIpc) is 2.58. The van der Waals surface area contributed by atoms with E-state index in [2.05, 4.69) is 24.0 Å². The normalized spacial score (nSPS) is 18.0. The van der Waals surface area contributed by atoms with Crippen molar-refractivity contribution < 1.29 is 4.79 Å². The molecule has 1 aliphatic rings. The molecule has 2 nitrogen and oxygen atoms in total. The van der Waals surface area contributed by atoms with E-state index in [1.807, 2.05) is 48.5 Å². The van der Waals surface area contributed by atoms with Gasteiger partial charge in [0.15, 0.2) is 5.78 Å². The van der Waals surface area contributed by atoms with E-state index in [1.54, 1.807) is 0 Å². The minimum atomic E-state index is -0.156. The number of nitrogens with zero attached hydrogens (tertiary/aromatic N) is 1. The summed E-state index contributed by atoms with van der Waals surface area (Å²) in [7, 11) is 0. The van der Waals surface area contributed by atoms with Crippen LogP contribution in [0.4, 0.5) is 0 Å². The number of benzene rings is 2. The first-order chi connectivity index (χ1) is 10.8. The Morgan fingerprint density at radius 3 is 2.09 bits per heavy atom. The smallest absolute Gasteiger partial charge is 0.184 e.